The molecule has 0 spiro atoms. The van der Waals surface area contributed by atoms with E-state index in [9.17, 15) is 0 Å². The van der Waals surface area contributed by atoms with Crippen molar-refractivity contribution < 1.29 is 4.74 Å². The van der Waals surface area contributed by atoms with E-state index in [0.717, 1.165) is 26.2 Å². The van der Waals surface area contributed by atoms with Crippen molar-refractivity contribution in [2.75, 3.05) is 13.2 Å². The largest absolute Gasteiger partial charge is 0.381 e. The summed E-state index contributed by atoms with van der Waals surface area (Å²) in [6.45, 7) is 2.73. The number of pyridine rings is 1. The van der Waals surface area contributed by atoms with E-state index in [1.54, 1.807) is 0 Å². The lowest BCUT2D eigenvalue weighted by atomic mass is 10.1. The lowest BCUT2D eigenvalue weighted by molar-refractivity contribution is 0.142. The molecule has 0 amide bonds. The topological polar surface area (TPSA) is 34.2 Å². The van der Waals surface area contributed by atoms with Crippen molar-refractivity contribution in [1.82, 2.24) is 10.3 Å². The van der Waals surface area contributed by atoms with E-state index in [1.807, 2.05) is 18.5 Å². The number of aromatic nitrogens is 1. The molecule has 0 saturated carbocycles. The number of hydrogen-bond acceptors (Lipinski definition) is 3. The van der Waals surface area contributed by atoms with Gasteiger partial charge in [-0.15, -0.1) is 0 Å². The third-order valence-corrected chi connectivity index (χ3v) is 2.77. The Hall–Kier alpha value is -0.930. The van der Waals surface area contributed by atoms with Crippen molar-refractivity contribution in [3.8, 4) is 0 Å². The zero-order valence-electron chi connectivity index (χ0n) is 8.98. The molecule has 1 aromatic rings. The number of nitrogens with one attached hydrogen (secondary N) is 1. The first-order valence-corrected chi connectivity index (χ1v) is 5.65. The van der Waals surface area contributed by atoms with Crippen LogP contribution in [0.5, 0.6) is 0 Å². The average molecular weight is 206 g/mol. The summed E-state index contributed by atoms with van der Waals surface area (Å²) in [5, 5.41) is 3.56. The van der Waals surface area contributed by atoms with Crippen LogP contribution >= 0.6 is 0 Å². The van der Waals surface area contributed by atoms with E-state index in [1.165, 1.54) is 18.4 Å². The molecule has 1 aliphatic heterocycles. The molecule has 1 atom stereocenters. The molecule has 0 bridgehead atoms. The Balaban J connectivity index is 1.77. The minimum absolute atomic E-state index is 0.604. The van der Waals surface area contributed by atoms with Gasteiger partial charge in [-0.1, -0.05) is 6.07 Å². The zero-order chi connectivity index (χ0) is 10.3. The summed E-state index contributed by atoms with van der Waals surface area (Å²) in [5.41, 5.74) is 1.25. The molecule has 1 unspecified atom stereocenters. The molecule has 2 heterocycles. The molecular formula is C12H18N2O. The van der Waals surface area contributed by atoms with Gasteiger partial charge in [-0.3, -0.25) is 4.98 Å². The molecule has 1 N–H and O–H groups in total. The van der Waals surface area contributed by atoms with Crippen molar-refractivity contribution >= 4 is 0 Å². The maximum atomic E-state index is 5.42. The first-order valence-electron chi connectivity index (χ1n) is 5.65. The van der Waals surface area contributed by atoms with Crippen molar-refractivity contribution in [3.05, 3.63) is 30.1 Å². The standard InChI is InChI=1S/C12H18N2O/c1-3-11(9-13-6-1)10-14-12-4-2-7-15-8-5-12/h1,3,6,9,12,14H,2,4-5,7-8,10H2. The number of ether oxygens (including phenoxy) is 1. The molecule has 2 rings (SSSR count). The second kappa shape index (κ2) is 5.83. The third-order valence-electron chi connectivity index (χ3n) is 2.77. The Bertz CT molecular complexity index is 268. The van der Waals surface area contributed by atoms with Gasteiger partial charge in [-0.05, 0) is 30.9 Å². The normalized spacial score (nSPS) is 22.3. The predicted octanol–water partition coefficient (Wildman–Crippen LogP) is 1.74. The van der Waals surface area contributed by atoms with Gasteiger partial charge in [0.15, 0.2) is 0 Å². The maximum Gasteiger partial charge on any atom is 0.0480 e. The molecule has 1 aromatic heterocycles. The van der Waals surface area contributed by atoms with Gasteiger partial charge in [-0.2, -0.15) is 0 Å². The van der Waals surface area contributed by atoms with Crippen molar-refractivity contribution in [1.29, 1.82) is 0 Å². The first-order chi connectivity index (χ1) is 7.45. The first kappa shape index (κ1) is 10.6. The van der Waals surface area contributed by atoms with Gasteiger partial charge >= 0.3 is 0 Å². The van der Waals surface area contributed by atoms with Gasteiger partial charge in [0.1, 0.15) is 0 Å². The molecule has 1 saturated heterocycles. The fourth-order valence-corrected chi connectivity index (χ4v) is 1.87. The molecule has 1 fully saturated rings. The van der Waals surface area contributed by atoms with Gasteiger partial charge in [0, 0.05) is 38.2 Å². The summed E-state index contributed by atoms with van der Waals surface area (Å²) in [6.07, 6.45) is 7.24. The fourth-order valence-electron chi connectivity index (χ4n) is 1.87. The second-order valence-electron chi connectivity index (χ2n) is 3.98. The highest BCUT2D eigenvalue weighted by atomic mass is 16.5. The van der Waals surface area contributed by atoms with Gasteiger partial charge in [0.05, 0.1) is 0 Å². The van der Waals surface area contributed by atoms with Crippen LogP contribution in [0.15, 0.2) is 24.5 Å². The van der Waals surface area contributed by atoms with Crippen molar-refractivity contribution in [2.24, 2.45) is 0 Å². The third kappa shape index (κ3) is 3.61. The van der Waals surface area contributed by atoms with Crippen LogP contribution in [0.1, 0.15) is 24.8 Å². The number of hydrogen-bond donors (Lipinski definition) is 1. The summed E-state index contributed by atoms with van der Waals surface area (Å²) < 4.78 is 5.42. The van der Waals surface area contributed by atoms with E-state index >= 15 is 0 Å². The quantitative estimate of drug-likeness (QED) is 0.818. The molecule has 0 radical (unpaired) electrons. The van der Waals surface area contributed by atoms with Gasteiger partial charge in [-0.25, -0.2) is 0 Å². The van der Waals surface area contributed by atoms with Crippen LogP contribution in [0, 0.1) is 0 Å². The van der Waals surface area contributed by atoms with E-state index in [-0.39, 0.29) is 0 Å². The molecule has 0 aliphatic carbocycles. The Morgan fingerprint density at radius 3 is 3.27 bits per heavy atom. The summed E-state index contributed by atoms with van der Waals surface area (Å²) in [6, 6.07) is 4.69. The lowest BCUT2D eigenvalue weighted by Crippen LogP contribution is -2.28. The molecule has 1 aliphatic rings. The van der Waals surface area contributed by atoms with Crippen LogP contribution in [0.4, 0.5) is 0 Å². The Labute approximate surface area is 90.9 Å². The van der Waals surface area contributed by atoms with Crippen LogP contribution in [-0.2, 0) is 11.3 Å². The predicted molar refractivity (Wildman–Crippen MR) is 59.5 cm³/mol. The minimum Gasteiger partial charge on any atom is -0.381 e. The second-order valence-corrected chi connectivity index (χ2v) is 3.98. The minimum atomic E-state index is 0.604. The van der Waals surface area contributed by atoms with Crippen LogP contribution in [0.25, 0.3) is 0 Å². The van der Waals surface area contributed by atoms with E-state index in [0.29, 0.717) is 6.04 Å². The highest BCUT2D eigenvalue weighted by Gasteiger charge is 2.11. The Morgan fingerprint density at radius 1 is 1.40 bits per heavy atom. The van der Waals surface area contributed by atoms with Crippen molar-refractivity contribution in [3.63, 3.8) is 0 Å². The van der Waals surface area contributed by atoms with E-state index in [4.69, 9.17) is 4.74 Å². The number of rotatable bonds is 3. The highest BCUT2D eigenvalue weighted by molar-refractivity contribution is 5.07. The highest BCUT2D eigenvalue weighted by Crippen LogP contribution is 2.08. The zero-order valence-corrected chi connectivity index (χ0v) is 8.98. The molecule has 3 heteroatoms. The summed E-state index contributed by atoms with van der Waals surface area (Å²) in [7, 11) is 0. The SMILES string of the molecule is c1cncc(CNC2CCCOCC2)c1. The Kier molecular flexibility index (Phi) is 4.11. The average Bonchev–Trinajstić information content (AvgIpc) is 2.56. The van der Waals surface area contributed by atoms with Gasteiger partial charge < -0.3 is 10.1 Å². The fraction of sp³-hybridized carbons (Fsp3) is 0.583. The van der Waals surface area contributed by atoms with Crippen LogP contribution in [0.3, 0.4) is 0 Å². The maximum absolute atomic E-state index is 5.42. The van der Waals surface area contributed by atoms with Crippen LogP contribution in [0.2, 0.25) is 0 Å². The molecule has 82 valence electrons. The van der Waals surface area contributed by atoms with Crippen molar-refractivity contribution in [2.45, 2.75) is 31.8 Å². The van der Waals surface area contributed by atoms with E-state index in [2.05, 4.69) is 16.4 Å². The van der Waals surface area contributed by atoms with Crippen LogP contribution in [-0.4, -0.2) is 24.2 Å². The number of nitrogens with zero attached hydrogens (tertiary/aromatic N) is 1. The monoisotopic (exact) mass is 206 g/mol. The van der Waals surface area contributed by atoms with E-state index < -0.39 is 0 Å². The molecular weight excluding hydrogens is 188 g/mol. The smallest absolute Gasteiger partial charge is 0.0480 e. The lowest BCUT2D eigenvalue weighted by Gasteiger charge is -2.15. The van der Waals surface area contributed by atoms with Gasteiger partial charge in [0.2, 0.25) is 0 Å². The van der Waals surface area contributed by atoms with Crippen LogP contribution < -0.4 is 5.32 Å². The molecule has 15 heavy (non-hydrogen) atoms. The molecule has 0 aromatic carbocycles. The summed E-state index contributed by atoms with van der Waals surface area (Å²) in [5.74, 6) is 0. The summed E-state index contributed by atoms with van der Waals surface area (Å²) in [4.78, 5) is 4.10. The molecule has 3 nitrogen and oxygen atoms in total. The Morgan fingerprint density at radius 2 is 2.40 bits per heavy atom. The van der Waals surface area contributed by atoms with Gasteiger partial charge in [0.25, 0.3) is 0 Å². The summed E-state index contributed by atoms with van der Waals surface area (Å²) >= 11 is 0.